The van der Waals surface area contributed by atoms with Crippen LogP contribution in [0.2, 0.25) is 0 Å². The molecule has 2 heterocycles. The Bertz CT molecular complexity index is 404. The van der Waals surface area contributed by atoms with Crippen LogP contribution in [0, 0.1) is 5.92 Å². The van der Waals surface area contributed by atoms with Gasteiger partial charge in [-0.3, -0.25) is 9.59 Å². The van der Waals surface area contributed by atoms with E-state index in [-0.39, 0.29) is 36.3 Å². The van der Waals surface area contributed by atoms with Crippen LogP contribution in [0.1, 0.15) is 51.9 Å². The molecule has 5 nitrogen and oxygen atoms in total. The van der Waals surface area contributed by atoms with Gasteiger partial charge in [-0.25, -0.2) is 0 Å². The first-order valence-corrected chi connectivity index (χ1v) is 8.51. The second-order valence-electron chi connectivity index (χ2n) is 6.79. The molecule has 2 saturated heterocycles. The van der Waals surface area contributed by atoms with Crippen LogP contribution in [-0.2, 0) is 9.59 Å². The van der Waals surface area contributed by atoms with Gasteiger partial charge in [-0.05, 0) is 31.6 Å². The minimum Gasteiger partial charge on any atom is -0.350 e. The number of hydrogen-bond acceptors (Lipinski definition) is 3. The highest BCUT2D eigenvalue weighted by molar-refractivity contribution is 5.85. The van der Waals surface area contributed by atoms with Gasteiger partial charge in [0.1, 0.15) is 0 Å². The van der Waals surface area contributed by atoms with Gasteiger partial charge in [-0.15, -0.1) is 12.4 Å². The highest BCUT2D eigenvalue weighted by Crippen LogP contribution is 2.33. The summed E-state index contributed by atoms with van der Waals surface area (Å²) < 4.78 is 0. The zero-order valence-corrected chi connectivity index (χ0v) is 14.2. The van der Waals surface area contributed by atoms with E-state index in [0.29, 0.717) is 24.9 Å². The molecule has 2 N–H and O–H groups in total. The van der Waals surface area contributed by atoms with E-state index < -0.39 is 0 Å². The molecule has 6 heteroatoms. The average molecular weight is 330 g/mol. The minimum atomic E-state index is -0.0194. The Hall–Kier alpha value is -0.810. The molecule has 0 radical (unpaired) electrons. The molecule has 1 saturated carbocycles. The van der Waals surface area contributed by atoms with E-state index in [0.717, 1.165) is 19.4 Å². The number of nitrogens with zero attached hydrogens (tertiary/aromatic N) is 1. The van der Waals surface area contributed by atoms with Crippen LogP contribution in [0.4, 0.5) is 0 Å². The van der Waals surface area contributed by atoms with Crippen molar-refractivity contribution in [3.63, 3.8) is 0 Å². The Morgan fingerprint density at radius 1 is 1.23 bits per heavy atom. The van der Waals surface area contributed by atoms with Crippen molar-refractivity contribution < 1.29 is 9.59 Å². The molecule has 0 spiro atoms. The third-order valence-corrected chi connectivity index (χ3v) is 5.37. The summed E-state index contributed by atoms with van der Waals surface area (Å²) in [7, 11) is 0. The second kappa shape index (κ2) is 7.64. The summed E-state index contributed by atoms with van der Waals surface area (Å²) in [5, 5.41) is 6.66. The Kier molecular flexibility index (Phi) is 6.09. The van der Waals surface area contributed by atoms with Gasteiger partial charge in [-0.1, -0.05) is 19.8 Å². The van der Waals surface area contributed by atoms with Crippen LogP contribution in [0.3, 0.4) is 0 Å². The molecule has 1 aliphatic carbocycles. The van der Waals surface area contributed by atoms with Crippen LogP contribution in [0.5, 0.6) is 0 Å². The fourth-order valence-electron chi connectivity index (χ4n) is 4.15. The van der Waals surface area contributed by atoms with Gasteiger partial charge < -0.3 is 15.5 Å². The lowest BCUT2D eigenvalue weighted by molar-refractivity contribution is -0.130. The van der Waals surface area contributed by atoms with Crippen LogP contribution in [-0.4, -0.2) is 47.9 Å². The summed E-state index contributed by atoms with van der Waals surface area (Å²) in [4.78, 5) is 26.0. The molecule has 2 amide bonds. The summed E-state index contributed by atoms with van der Waals surface area (Å²) in [6.45, 7) is 3.34. The summed E-state index contributed by atoms with van der Waals surface area (Å²) in [5.74, 6) is 1.02. The first kappa shape index (κ1) is 17.5. The van der Waals surface area contributed by atoms with Crippen LogP contribution in [0.25, 0.3) is 0 Å². The van der Waals surface area contributed by atoms with E-state index in [1.165, 1.54) is 25.7 Å². The van der Waals surface area contributed by atoms with Gasteiger partial charge in [0.05, 0.1) is 6.04 Å². The lowest BCUT2D eigenvalue weighted by Crippen LogP contribution is -2.47. The quantitative estimate of drug-likeness (QED) is 0.824. The van der Waals surface area contributed by atoms with Crippen molar-refractivity contribution in [2.24, 2.45) is 5.92 Å². The van der Waals surface area contributed by atoms with Gasteiger partial charge in [-0.2, -0.15) is 0 Å². The normalized spacial score (nSPS) is 34.0. The molecule has 3 fully saturated rings. The molecule has 3 aliphatic rings. The molecule has 0 aromatic carbocycles. The fraction of sp³-hybridized carbons (Fsp3) is 0.875. The van der Waals surface area contributed by atoms with Crippen molar-refractivity contribution >= 4 is 24.2 Å². The minimum absolute atomic E-state index is 0. The van der Waals surface area contributed by atoms with Gasteiger partial charge in [0.2, 0.25) is 11.8 Å². The molecule has 0 aromatic rings. The first-order valence-electron chi connectivity index (χ1n) is 8.51. The Balaban J connectivity index is 0.00000176. The summed E-state index contributed by atoms with van der Waals surface area (Å²) >= 11 is 0. The SMILES string of the molecule is CCC(=O)N1CCC(NC(=O)C2CC3CCCCC3N2)C1.Cl. The molecule has 126 valence electrons. The monoisotopic (exact) mass is 329 g/mol. The third-order valence-electron chi connectivity index (χ3n) is 5.37. The van der Waals surface area contributed by atoms with E-state index in [9.17, 15) is 9.59 Å². The lowest BCUT2D eigenvalue weighted by Gasteiger charge is -2.24. The van der Waals surface area contributed by atoms with E-state index in [4.69, 9.17) is 0 Å². The molecule has 4 atom stereocenters. The first-order chi connectivity index (χ1) is 10.2. The number of likely N-dealkylation sites (tertiary alicyclic amines) is 1. The van der Waals surface area contributed by atoms with Crippen LogP contribution < -0.4 is 10.6 Å². The maximum atomic E-state index is 12.4. The standard InChI is InChI=1S/C16H27N3O2.ClH/c1-2-15(20)19-8-7-12(10-19)17-16(21)14-9-11-5-3-4-6-13(11)18-14;/h11-14,18H,2-10H2,1H3,(H,17,21);1H. The number of nitrogens with one attached hydrogen (secondary N) is 2. The van der Waals surface area contributed by atoms with Gasteiger partial charge in [0, 0.05) is 31.6 Å². The van der Waals surface area contributed by atoms with Crippen LogP contribution in [0.15, 0.2) is 0 Å². The fourth-order valence-corrected chi connectivity index (χ4v) is 4.15. The van der Waals surface area contributed by atoms with Crippen molar-refractivity contribution in [2.75, 3.05) is 13.1 Å². The molecule has 22 heavy (non-hydrogen) atoms. The molecule has 0 aromatic heterocycles. The summed E-state index contributed by atoms with van der Waals surface area (Å²) in [5.41, 5.74) is 0. The maximum Gasteiger partial charge on any atom is 0.237 e. The largest absolute Gasteiger partial charge is 0.350 e. The van der Waals surface area contributed by atoms with E-state index in [2.05, 4.69) is 10.6 Å². The van der Waals surface area contributed by atoms with Gasteiger partial charge in [0.25, 0.3) is 0 Å². The zero-order chi connectivity index (χ0) is 14.8. The number of hydrogen-bond donors (Lipinski definition) is 2. The number of rotatable bonds is 3. The van der Waals surface area contributed by atoms with Crippen molar-refractivity contribution in [2.45, 2.75) is 70.0 Å². The summed E-state index contributed by atoms with van der Waals surface area (Å²) in [6, 6.07) is 0.669. The predicted molar refractivity (Wildman–Crippen MR) is 88.0 cm³/mol. The highest BCUT2D eigenvalue weighted by Gasteiger charge is 2.39. The summed E-state index contributed by atoms with van der Waals surface area (Å²) in [6.07, 6.45) is 7.51. The third kappa shape index (κ3) is 3.74. The average Bonchev–Trinajstić information content (AvgIpc) is 3.12. The van der Waals surface area contributed by atoms with Crippen molar-refractivity contribution in [1.29, 1.82) is 0 Å². The van der Waals surface area contributed by atoms with Crippen LogP contribution >= 0.6 is 12.4 Å². The van der Waals surface area contributed by atoms with E-state index >= 15 is 0 Å². The molecule has 4 unspecified atom stereocenters. The van der Waals surface area contributed by atoms with Gasteiger partial charge >= 0.3 is 0 Å². The van der Waals surface area contributed by atoms with E-state index in [1.54, 1.807) is 0 Å². The molecular weight excluding hydrogens is 302 g/mol. The van der Waals surface area contributed by atoms with Crippen molar-refractivity contribution in [3.8, 4) is 0 Å². The topological polar surface area (TPSA) is 61.4 Å². The number of carbonyl (C=O) groups is 2. The molecule has 2 aliphatic heterocycles. The number of fused-ring (bicyclic) bond motifs is 1. The maximum absolute atomic E-state index is 12.4. The Morgan fingerprint density at radius 2 is 2.00 bits per heavy atom. The number of carbonyl (C=O) groups excluding carboxylic acids is 2. The molecular formula is C16H28ClN3O2. The molecule has 0 bridgehead atoms. The Morgan fingerprint density at radius 3 is 2.73 bits per heavy atom. The smallest absolute Gasteiger partial charge is 0.237 e. The number of amides is 2. The second-order valence-corrected chi connectivity index (χ2v) is 6.79. The van der Waals surface area contributed by atoms with Crippen molar-refractivity contribution in [3.05, 3.63) is 0 Å². The zero-order valence-electron chi connectivity index (χ0n) is 13.3. The lowest BCUT2D eigenvalue weighted by atomic mass is 9.85. The van der Waals surface area contributed by atoms with Crippen molar-refractivity contribution in [1.82, 2.24) is 15.5 Å². The predicted octanol–water partition coefficient (Wildman–Crippen LogP) is 1.46. The van der Waals surface area contributed by atoms with Gasteiger partial charge in [0.15, 0.2) is 0 Å². The highest BCUT2D eigenvalue weighted by atomic mass is 35.5. The number of halogens is 1. The molecule has 3 rings (SSSR count). The van der Waals surface area contributed by atoms with E-state index in [1.807, 2.05) is 11.8 Å². The Labute approximate surface area is 139 Å².